The number of nitrogens with one attached hydrogen (secondary N) is 1. The molecule has 0 saturated carbocycles. The molecule has 18 heavy (non-hydrogen) atoms. The molecular weight excluding hydrogens is 224 g/mol. The normalized spacial score (nSPS) is 14.4. The van der Waals surface area contributed by atoms with Gasteiger partial charge in [0, 0.05) is 31.6 Å². The van der Waals surface area contributed by atoms with E-state index in [1.807, 2.05) is 13.1 Å². The van der Waals surface area contributed by atoms with Gasteiger partial charge in [-0.25, -0.2) is 0 Å². The van der Waals surface area contributed by atoms with Gasteiger partial charge in [-0.3, -0.25) is 4.98 Å². The van der Waals surface area contributed by atoms with Gasteiger partial charge in [0.1, 0.15) is 0 Å². The second-order valence-electron chi connectivity index (χ2n) is 4.92. The first-order chi connectivity index (χ1) is 8.69. The molecule has 3 nitrogen and oxygen atoms in total. The van der Waals surface area contributed by atoms with E-state index in [9.17, 15) is 0 Å². The monoisotopic (exact) mass is 250 g/mol. The Kier molecular flexibility index (Phi) is 6.91. The van der Waals surface area contributed by atoms with E-state index in [0.717, 1.165) is 31.7 Å². The van der Waals surface area contributed by atoms with Crippen molar-refractivity contribution in [3.05, 3.63) is 29.6 Å². The van der Waals surface area contributed by atoms with Crippen LogP contribution in [0.1, 0.15) is 44.0 Å². The minimum Gasteiger partial charge on any atom is -0.385 e. The van der Waals surface area contributed by atoms with Crippen LogP contribution in [0.15, 0.2) is 18.3 Å². The molecule has 3 heteroatoms. The van der Waals surface area contributed by atoms with Crippen molar-refractivity contribution >= 4 is 0 Å². The minimum atomic E-state index is 0.369. The molecule has 102 valence electrons. The average molecular weight is 250 g/mol. The van der Waals surface area contributed by atoms with E-state index < -0.39 is 0 Å². The molecule has 1 rings (SSSR count). The van der Waals surface area contributed by atoms with Crippen LogP contribution in [0.25, 0.3) is 0 Å². The third-order valence-corrected chi connectivity index (χ3v) is 3.25. The Labute approximate surface area is 111 Å². The summed E-state index contributed by atoms with van der Waals surface area (Å²) in [6.45, 7) is 8.33. The topological polar surface area (TPSA) is 34.2 Å². The molecule has 0 aromatic carbocycles. The first-order valence-electron chi connectivity index (χ1n) is 6.84. The maximum atomic E-state index is 5.18. The molecule has 0 aliphatic rings. The van der Waals surface area contributed by atoms with Crippen LogP contribution in [-0.2, 0) is 4.74 Å². The standard InChI is InChI=1S/C15H26N2O/c1-5-9-16-15(12(2)8-10-18-4)14-7-6-13(3)17-11-14/h6-7,11-12,15-16H,5,8-10H2,1-4H3. The molecule has 1 aromatic rings. The summed E-state index contributed by atoms with van der Waals surface area (Å²) in [6.07, 6.45) is 4.20. The largest absolute Gasteiger partial charge is 0.385 e. The Morgan fingerprint density at radius 1 is 1.39 bits per heavy atom. The van der Waals surface area contributed by atoms with Crippen molar-refractivity contribution in [2.75, 3.05) is 20.3 Å². The summed E-state index contributed by atoms with van der Waals surface area (Å²) < 4.78 is 5.18. The van der Waals surface area contributed by atoms with Crippen molar-refractivity contribution in [2.45, 2.75) is 39.7 Å². The molecule has 0 spiro atoms. The predicted octanol–water partition coefficient (Wildman–Crippen LogP) is 3.10. The smallest absolute Gasteiger partial charge is 0.0465 e. The van der Waals surface area contributed by atoms with Crippen LogP contribution >= 0.6 is 0 Å². The summed E-state index contributed by atoms with van der Waals surface area (Å²) >= 11 is 0. The lowest BCUT2D eigenvalue weighted by Crippen LogP contribution is -2.28. The number of methoxy groups -OCH3 is 1. The Balaban J connectivity index is 2.73. The maximum absolute atomic E-state index is 5.18. The Morgan fingerprint density at radius 3 is 2.72 bits per heavy atom. The van der Waals surface area contributed by atoms with Gasteiger partial charge in [0.2, 0.25) is 0 Å². The van der Waals surface area contributed by atoms with E-state index >= 15 is 0 Å². The fourth-order valence-electron chi connectivity index (χ4n) is 2.08. The number of hydrogen-bond donors (Lipinski definition) is 1. The second-order valence-corrected chi connectivity index (χ2v) is 4.92. The highest BCUT2D eigenvalue weighted by molar-refractivity contribution is 5.18. The van der Waals surface area contributed by atoms with Gasteiger partial charge in [0.05, 0.1) is 0 Å². The van der Waals surface area contributed by atoms with Crippen molar-refractivity contribution in [3.63, 3.8) is 0 Å². The Hall–Kier alpha value is -0.930. The minimum absolute atomic E-state index is 0.369. The number of nitrogens with zero attached hydrogens (tertiary/aromatic N) is 1. The number of hydrogen-bond acceptors (Lipinski definition) is 3. The molecule has 0 aliphatic heterocycles. The molecule has 1 N–H and O–H groups in total. The van der Waals surface area contributed by atoms with E-state index in [1.54, 1.807) is 7.11 Å². The van der Waals surface area contributed by atoms with Crippen LogP contribution in [0, 0.1) is 12.8 Å². The third kappa shape index (κ3) is 4.75. The number of pyridine rings is 1. The van der Waals surface area contributed by atoms with Gasteiger partial charge in [-0.05, 0) is 43.9 Å². The van der Waals surface area contributed by atoms with E-state index in [1.165, 1.54) is 5.56 Å². The van der Waals surface area contributed by atoms with Gasteiger partial charge in [-0.2, -0.15) is 0 Å². The zero-order chi connectivity index (χ0) is 13.4. The first kappa shape index (κ1) is 15.1. The highest BCUT2D eigenvalue weighted by atomic mass is 16.5. The SMILES string of the molecule is CCCNC(c1ccc(C)nc1)C(C)CCOC. The van der Waals surface area contributed by atoms with Gasteiger partial charge in [-0.15, -0.1) is 0 Å². The lowest BCUT2D eigenvalue weighted by atomic mass is 9.93. The average Bonchev–Trinajstić information content (AvgIpc) is 2.38. The molecule has 0 aliphatic carbocycles. The van der Waals surface area contributed by atoms with Crippen molar-refractivity contribution in [2.24, 2.45) is 5.92 Å². The molecule has 0 saturated heterocycles. The number of rotatable bonds is 8. The van der Waals surface area contributed by atoms with E-state index in [2.05, 4.69) is 36.3 Å². The molecule has 0 amide bonds. The first-order valence-corrected chi connectivity index (χ1v) is 6.84. The Bertz CT molecular complexity index is 324. The van der Waals surface area contributed by atoms with E-state index in [0.29, 0.717) is 12.0 Å². The lowest BCUT2D eigenvalue weighted by molar-refractivity contribution is 0.170. The molecule has 1 aromatic heterocycles. The molecule has 0 fully saturated rings. The second kappa shape index (κ2) is 8.22. The molecule has 0 radical (unpaired) electrons. The van der Waals surface area contributed by atoms with Gasteiger partial charge in [0.25, 0.3) is 0 Å². The van der Waals surface area contributed by atoms with E-state index in [4.69, 9.17) is 4.74 Å². The summed E-state index contributed by atoms with van der Waals surface area (Å²) in [5.41, 5.74) is 2.34. The number of ether oxygens (including phenoxy) is 1. The quantitative estimate of drug-likeness (QED) is 0.770. The van der Waals surface area contributed by atoms with Gasteiger partial charge in [0.15, 0.2) is 0 Å². The van der Waals surface area contributed by atoms with Crippen molar-refractivity contribution in [1.29, 1.82) is 0 Å². The maximum Gasteiger partial charge on any atom is 0.0465 e. The van der Waals surface area contributed by atoms with Crippen molar-refractivity contribution in [1.82, 2.24) is 10.3 Å². The van der Waals surface area contributed by atoms with Crippen LogP contribution in [-0.4, -0.2) is 25.2 Å². The molecule has 2 unspecified atom stereocenters. The number of aryl methyl sites for hydroxylation is 1. The summed E-state index contributed by atoms with van der Waals surface area (Å²) in [6, 6.07) is 4.63. The van der Waals surface area contributed by atoms with Crippen molar-refractivity contribution in [3.8, 4) is 0 Å². The van der Waals surface area contributed by atoms with Crippen LogP contribution < -0.4 is 5.32 Å². The third-order valence-electron chi connectivity index (χ3n) is 3.25. The fourth-order valence-corrected chi connectivity index (χ4v) is 2.08. The van der Waals surface area contributed by atoms with Crippen LogP contribution in [0.5, 0.6) is 0 Å². The molecule has 0 bridgehead atoms. The Morgan fingerprint density at radius 2 is 2.17 bits per heavy atom. The predicted molar refractivity (Wildman–Crippen MR) is 75.7 cm³/mol. The van der Waals surface area contributed by atoms with E-state index in [-0.39, 0.29) is 0 Å². The fraction of sp³-hybridized carbons (Fsp3) is 0.667. The number of aromatic nitrogens is 1. The highest BCUT2D eigenvalue weighted by Crippen LogP contribution is 2.24. The summed E-state index contributed by atoms with van der Waals surface area (Å²) in [5.74, 6) is 0.543. The summed E-state index contributed by atoms with van der Waals surface area (Å²) in [4.78, 5) is 4.40. The van der Waals surface area contributed by atoms with Gasteiger partial charge >= 0.3 is 0 Å². The van der Waals surface area contributed by atoms with Crippen LogP contribution in [0.2, 0.25) is 0 Å². The molecule has 1 heterocycles. The molecular formula is C15H26N2O. The van der Waals surface area contributed by atoms with Crippen molar-refractivity contribution < 1.29 is 4.74 Å². The van der Waals surface area contributed by atoms with Crippen LogP contribution in [0.4, 0.5) is 0 Å². The van der Waals surface area contributed by atoms with Gasteiger partial charge in [-0.1, -0.05) is 19.9 Å². The summed E-state index contributed by atoms with van der Waals surface area (Å²) in [7, 11) is 1.76. The lowest BCUT2D eigenvalue weighted by Gasteiger charge is -2.25. The van der Waals surface area contributed by atoms with Crippen LogP contribution in [0.3, 0.4) is 0 Å². The molecule has 2 atom stereocenters. The zero-order valence-electron chi connectivity index (χ0n) is 12.1. The summed E-state index contributed by atoms with van der Waals surface area (Å²) in [5, 5.41) is 3.62. The zero-order valence-corrected chi connectivity index (χ0v) is 12.1. The van der Waals surface area contributed by atoms with Gasteiger partial charge < -0.3 is 10.1 Å². The highest BCUT2D eigenvalue weighted by Gasteiger charge is 2.18.